The Balaban J connectivity index is 2.38. The molecule has 0 aromatic carbocycles. The number of ether oxygens (including phenoxy) is 1. The monoisotopic (exact) mass is 250 g/mol. The molecule has 2 nitrogen and oxygen atoms in total. The summed E-state index contributed by atoms with van der Waals surface area (Å²) in [5.41, 5.74) is 2.96. The molecule has 1 aliphatic carbocycles. The molecule has 0 aromatic rings. The quantitative estimate of drug-likeness (QED) is 0.538. The third-order valence-electron chi connectivity index (χ3n) is 3.62. The van der Waals surface area contributed by atoms with E-state index in [-0.39, 0.29) is 5.97 Å². The van der Waals surface area contributed by atoms with E-state index in [1.165, 1.54) is 18.9 Å². The van der Waals surface area contributed by atoms with Crippen molar-refractivity contribution in [1.82, 2.24) is 0 Å². The predicted octanol–water partition coefficient (Wildman–Crippen LogP) is 4.27. The molecule has 1 aliphatic rings. The summed E-state index contributed by atoms with van der Waals surface area (Å²) < 4.78 is 5.12. The number of hydrogen-bond acceptors (Lipinski definition) is 2. The average Bonchev–Trinajstić information content (AvgIpc) is 2.27. The van der Waals surface area contributed by atoms with Crippen molar-refractivity contribution in [3.63, 3.8) is 0 Å². The zero-order chi connectivity index (χ0) is 13.5. The number of esters is 1. The molecule has 0 saturated carbocycles. The van der Waals surface area contributed by atoms with Crippen LogP contribution in [0.25, 0.3) is 0 Å². The Hall–Kier alpha value is -1.05. The number of carbonyl (C=O) groups is 1. The van der Waals surface area contributed by atoms with Gasteiger partial charge in [-0.2, -0.15) is 0 Å². The highest BCUT2D eigenvalue weighted by Gasteiger charge is 2.22. The van der Waals surface area contributed by atoms with Crippen LogP contribution >= 0.6 is 0 Å². The molecule has 0 radical (unpaired) electrons. The van der Waals surface area contributed by atoms with Crippen molar-refractivity contribution in [2.45, 2.75) is 53.4 Å². The van der Waals surface area contributed by atoms with Crippen LogP contribution in [0.3, 0.4) is 0 Å². The van der Waals surface area contributed by atoms with Crippen molar-refractivity contribution in [2.24, 2.45) is 11.8 Å². The molecule has 1 rings (SSSR count). The van der Waals surface area contributed by atoms with Gasteiger partial charge in [-0.1, -0.05) is 30.2 Å². The first-order valence-electron chi connectivity index (χ1n) is 6.93. The molecule has 2 atom stereocenters. The smallest absolute Gasteiger partial charge is 0.302 e. The summed E-state index contributed by atoms with van der Waals surface area (Å²) in [5, 5.41) is 0. The van der Waals surface area contributed by atoms with Crippen LogP contribution in [0.2, 0.25) is 0 Å². The molecule has 0 amide bonds. The van der Waals surface area contributed by atoms with Gasteiger partial charge < -0.3 is 4.74 Å². The Morgan fingerprint density at radius 3 is 2.72 bits per heavy atom. The van der Waals surface area contributed by atoms with Crippen LogP contribution in [0, 0.1) is 11.8 Å². The second kappa shape index (κ2) is 7.40. The predicted molar refractivity (Wildman–Crippen MR) is 75.3 cm³/mol. The first kappa shape index (κ1) is 15.0. The summed E-state index contributed by atoms with van der Waals surface area (Å²) in [6, 6.07) is 0. The van der Waals surface area contributed by atoms with E-state index in [9.17, 15) is 4.79 Å². The molecular weight excluding hydrogens is 224 g/mol. The lowest BCUT2D eigenvalue weighted by Gasteiger charge is -2.28. The maximum absolute atomic E-state index is 10.8. The summed E-state index contributed by atoms with van der Waals surface area (Å²) in [6.07, 6.45) is 9.19. The Labute approximate surface area is 111 Å². The lowest BCUT2D eigenvalue weighted by Crippen LogP contribution is -2.22. The molecule has 0 saturated heterocycles. The molecule has 0 N–H and O–H groups in total. The summed E-state index contributed by atoms with van der Waals surface area (Å²) >= 11 is 0. The highest BCUT2D eigenvalue weighted by atomic mass is 16.5. The molecule has 0 bridgehead atoms. The fraction of sp³-hybridized carbons (Fsp3) is 0.688. The summed E-state index contributed by atoms with van der Waals surface area (Å²) in [7, 11) is 0. The fourth-order valence-corrected chi connectivity index (χ4v) is 2.42. The van der Waals surface area contributed by atoms with Gasteiger partial charge in [-0.05, 0) is 51.4 Å². The minimum absolute atomic E-state index is 0.166. The van der Waals surface area contributed by atoms with Crippen LogP contribution in [-0.4, -0.2) is 12.6 Å². The van der Waals surface area contributed by atoms with Crippen molar-refractivity contribution in [3.05, 3.63) is 23.3 Å². The first-order valence-corrected chi connectivity index (χ1v) is 6.93. The highest BCUT2D eigenvalue weighted by Crippen LogP contribution is 2.31. The molecule has 0 fully saturated rings. The van der Waals surface area contributed by atoms with Gasteiger partial charge in [0.1, 0.15) is 0 Å². The number of carbonyl (C=O) groups excluding carboxylic acids is 1. The molecule has 18 heavy (non-hydrogen) atoms. The normalized spacial score (nSPS) is 23.2. The van der Waals surface area contributed by atoms with Gasteiger partial charge >= 0.3 is 5.97 Å². The number of allylic oxidation sites excluding steroid dienone is 4. The summed E-state index contributed by atoms with van der Waals surface area (Å²) in [5.74, 6) is 0.956. The molecule has 0 heterocycles. The van der Waals surface area contributed by atoms with E-state index in [2.05, 4.69) is 32.9 Å². The van der Waals surface area contributed by atoms with E-state index in [0.29, 0.717) is 18.4 Å². The Kier molecular flexibility index (Phi) is 6.17. The van der Waals surface area contributed by atoms with Crippen LogP contribution < -0.4 is 0 Å². The van der Waals surface area contributed by atoms with E-state index in [1.54, 1.807) is 5.57 Å². The second-order valence-corrected chi connectivity index (χ2v) is 5.66. The van der Waals surface area contributed by atoms with Crippen LogP contribution in [-0.2, 0) is 9.53 Å². The minimum Gasteiger partial charge on any atom is -0.466 e. The van der Waals surface area contributed by atoms with Gasteiger partial charge in [-0.3, -0.25) is 4.79 Å². The van der Waals surface area contributed by atoms with Gasteiger partial charge in [0.05, 0.1) is 6.61 Å². The third-order valence-corrected chi connectivity index (χ3v) is 3.62. The van der Waals surface area contributed by atoms with Gasteiger partial charge in [0.15, 0.2) is 0 Å². The first-order chi connectivity index (χ1) is 8.49. The molecule has 102 valence electrons. The van der Waals surface area contributed by atoms with Crippen molar-refractivity contribution >= 4 is 5.97 Å². The Bertz CT molecular complexity index is 335. The Morgan fingerprint density at radius 2 is 2.17 bits per heavy atom. The van der Waals surface area contributed by atoms with Crippen molar-refractivity contribution in [2.75, 3.05) is 6.61 Å². The SMILES string of the molecule is CC(=O)OCC1CC=C(CCC=C(C)C)CC1C. The van der Waals surface area contributed by atoms with Gasteiger partial charge in [0.25, 0.3) is 0 Å². The van der Waals surface area contributed by atoms with Crippen molar-refractivity contribution < 1.29 is 9.53 Å². The van der Waals surface area contributed by atoms with E-state index < -0.39 is 0 Å². The zero-order valence-electron chi connectivity index (χ0n) is 12.2. The van der Waals surface area contributed by atoms with Crippen molar-refractivity contribution in [3.8, 4) is 0 Å². The van der Waals surface area contributed by atoms with Gasteiger partial charge in [-0.25, -0.2) is 0 Å². The van der Waals surface area contributed by atoms with Crippen LogP contribution in [0.5, 0.6) is 0 Å². The Morgan fingerprint density at radius 1 is 1.44 bits per heavy atom. The van der Waals surface area contributed by atoms with E-state index in [1.807, 2.05) is 0 Å². The summed E-state index contributed by atoms with van der Waals surface area (Å²) in [4.78, 5) is 10.8. The molecule has 2 unspecified atom stereocenters. The molecular formula is C16H26O2. The maximum atomic E-state index is 10.8. The van der Waals surface area contributed by atoms with Crippen molar-refractivity contribution in [1.29, 1.82) is 0 Å². The number of rotatable bonds is 5. The third kappa shape index (κ3) is 5.52. The minimum atomic E-state index is -0.166. The maximum Gasteiger partial charge on any atom is 0.302 e. The molecule has 0 aromatic heterocycles. The standard InChI is InChI=1S/C16H26O2/c1-12(2)6-5-7-15-8-9-16(13(3)10-15)11-18-14(4)17/h6,8,13,16H,5,7,9-11H2,1-4H3. The van der Waals surface area contributed by atoms with Gasteiger partial charge in [-0.15, -0.1) is 0 Å². The second-order valence-electron chi connectivity index (χ2n) is 5.66. The molecule has 0 aliphatic heterocycles. The summed E-state index contributed by atoms with van der Waals surface area (Å²) in [6.45, 7) is 8.62. The highest BCUT2D eigenvalue weighted by molar-refractivity contribution is 5.65. The zero-order valence-corrected chi connectivity index (χ0v) is 12.2. The lowest BCUT2D eigenvalue weighted by molar-refractivity contribution is -0.142. The average molecular weight is 250 g/mol. The largest absolute Gasteiger partial charge is 0.466 e. The van der Waals surface area contributed by atoms with E-state index in [0.717, 1.165) is 19.3 Å². The van der Waals surface area contributed by atoms with Gasteiger partial charge in [0.2, 0.25) is 0 Å². The van der Waals surface area contributed by atoms with Crippen LogP contribution in [0.15, 0.2) is 23.3 Å². The fourth-order valence-electron chi connectivity index (χ4n) is 2.42. The lowest BCUT2D eigenvalue weighted by atomic mass is 9.80. The molecule has 2 heteroatoms. The van der Waals surface area contributed by atoms with E-state index >= 15 is 0 Å². The van der Waals surface area contributed by atoms with Crippen LogP contribution in [0.4, 0.5) is 0 Å². The molecule has 0 spiro atoms. The topological polar surface area (TPSA) is 26.3 Å². The van der Waals surface area contributed by atoms with Gasteiger partial charge in [0, 0.05) is 6.92 Å². The number of hydrogen-bond donors (Lipinski definition) is 0. The van der Waals surface area contributed by atoms with Crippen LogP contribution in [0.1, 0.15) is 53.4 Å². The van der Waals surface area contributed by atoms with E-state index in [4.69, 9.17) is 4.74 Å².